The molecule has 15 heteroatoms. The molecule has 8 nitrogen and oxygen atoms in total. The van der Waals surface area contributed by atoms with Crippen LogP contribution in [0.15, 0.2) is 0 Å². The van der Waals surface area contributed by atoms with Crippen molar-refractivity contribution in [2.45, 2.75) is 0 Å². The molecule has 0 unspecified atom stereocenters. The molecule has 0 aliphatic carbocycles. The summed E-state index contributed by atoms with van der Waals surface area (Å²) in [6.45, 7) is 0. The van der Waals surface area contributed by atoms with E-state index in [9.17, 15) is 0 Å². The molecule has 0 rings (SSSR count). The largest absolute Gasteiger partial charge is 0 e. The standard InChI is InChI=1S/F.2Li.2H3O4P.2V.2H/c;;;2*1-5(2,3)4;;;;/h;;;2*(H3,1,2,3,4);;;;. The summed E-state index contributed by atoms with van der Waals surface area (Å²) in [5.41, 5.74) is 0. The van der Waals surface area contributed by atoms with Crippen molar-refractivity contribution in [3.63, 3.8) is 0 Å². The van der Waals surface area contributed by atoms with Gasteiger partial charge in [0, 0.05) is 41.8 Å². The van der Waals surface area contributed by atoms with E-state index in [1.165, 1.54) is 0 Å². The van der Waals surface area contributed by atoms with E-state index in [0.717, 1.165) is 0 Å². The Kier molecular flexibility index (Phi) is 54.3. The third-order valence-corrected chi connectivity index (χ3v) is 0. The van der Waals surface area contributed by atoms with Crippen LogP contribution in [0.2, 0.25) is 0 Å². The quantitative estimate of drug-likeness (QED) is 0.206. The average Bonchev–Trinajstić information content (AvgIpc) is 1.12. The number of rotatable bonds is 0. The summed E-state index contributed by atoms with van der Waals surface area (Å²) in [5.74, 6) is 0. The van der Waals surface area contributed by atoms with E-state index >= 15 is 0 Å². The normalized spacial score (nSPS) is 7.87. The molecule has 0 saturated heterocycles. The van der Waals surface area contributed by atoms with Gasteiger partial charge < -0.3 is 29.4 Å². The van der Waals surface area contributed by atoms with E-state index in [1.807, 2.05) is 0 Å². The summed E-state index contributed by atoms with van der Waals surface area (Å²) in [5, 5.41) is 0. The topological polar surface area (TPSA) is 156 Å². The van der Waals surface area contributed by atoms with Crippen molar-refractivity contribution in [3.8, 4) is 0 Å². The van der Waals surface area contributed by atoms with Crippen molar-refractivity contribution in [2.24, 2.45) is 0 Å². The van der Waals surface area contributed by atoms with Crippen molar-refractivity contribution in [2.75, 3.05) is 0 Å². The summed E-state index contributed by atoms with van der Waals surface area (Å²) in [6, 6.07) is 0. The fraction of sp³-hybridized carbons (Fsp3) is 0. The molecule has 0 atom stereocenters. The molecule has 0 aliphatic rings. The van der Waals surface area contributed by atoms with E-state index in [-0.39, 0.29) is 79.5 Å². The van der Waals surface area contributed by atoms with Gasteiger partial charge in [-0.3, -0.25) is 0 Å². The number of hydrogen-bond donors (Lipinski definition) is 6. The number of hydrogen-bond acceptors (Lipinski definition) is 2. The molecule has 15 heavy (non-hydrogen) atoms. The maximum atomic E-state index is 8.88. The SMILES string of the molecule is O=P(O)(O)O.O=P(O)(O)O.[F].[LiH].[LiH].[V].[V]. The first-order chi connectivity index (χ1) is 4.00. The Hall–Kier alpha value is 2.51. The van der Waals surface area contributed by atoms with Crippen LogP contribution >= 0.6 is 15.6 Å². The summed E-state index contributed by atoms with van der Waals surface area (Å²) in [7, 11) is -9.28. The third kappa shape index (κ3) is 551. The van der Waals surface area contributed by atoms with E-state index < -0.39 is 15.6 Å². The van der Waals surface area contributed by atoms with Crippen molar-refractivity contribution in [1.29, 1.82) is 0 Å². The van der Waals surface area contributed by atoms with Gasteiger partial charge in [-0.1, -0.05) is 0 Å². The molecule has 3 radical (unpaired) electrons. The minimum atomic E-state index is -4.64. The van der Waals surface area contributed by atoms with Crippen molar-refractivity contribution in [3.05, 3.63) is 0 Å². The Bertz CT molecular complexity index is 141. The van der Waals surface area contributed by atoms with Crippen LogP contribution in [0.4, 0.5) is 4.70 Å². The molecular formula is H8FLi2O8P2V2. The molecule has 0 saturated carbocycles. The van der Waals surface area contributed by atoms with Crippen molar-refractivity contribution < 1.29 is 80.3 Å². The molecule has 0 amide bonds. The summed E-state index contributed by atoms with van der Waals surface area (Å²) in [6.07, 6.45) is 0. The van der Waals surface area contributed by atoms with Crippen LogP contribution in [0.1, 0.15) is 0 Å². The third-order valence-electron chi connectivity index (χ3n) is 0. The zero-order valence-corrected chi connectivity index (χ0v) is 10.2. The second-order valence-corrected chi connectivity index (χ2v) is 3.08. The van der Waals surface area contributed by atoms with Crippen LogP contribution < -0.4 is 0 Å². The Morgan fingerprint density at radius 3 is 0.600 bits per heavy atom. The van der Waals surface area contributed by atoms with Gasteiger partial charge in [-0.25, -0.2) is 9.13 Å². The van der Waals surface area contributed by atoms with Gasteiger partial charge in [0.1, 0.15) is 0 Å². The van der Waals surface area contributed by atoms with Gasteiger partial charge in [-0.15, -0.1) is 0 Å². The molecule has 0 aromatic carbocycles. The summed E-state index contributed by atoms with van der Waals surface area (Å²) >= 11 is 0. The Morgan fingerprint density at radius 2 is 0.600 bits per heavy atom. The van der Waals surface area contributed by atoms with Crippen LogP contribution in [-0.4, -0.2) is 67.1 Å². The van der Waals surface area contributed by atoms with Gasteiger partial charge in [-0.2, -0.15) is 0 Å². The van der Waals surface area contributed by atoms with Crippen LogP contribution in [-0.2, 0) is 46.2 Å². The predicted octanol–water partition coefficient (Wildman–Crippen LogP) is -2.74. The summed E-state index contributed by atoms with van der Waals surface area (Å²) in [4.78, 5) is 43.1. The van der Waals surface area contributed by atoms with Gasteiger partial charge in [0.05, 0.1) is 0 Å². The molecule has 0 aromatic heterocycles. The molecular weight excluding hydrogens is 325 g/mol. The molecule has 0 bridgehead atoms. The van der Waals surface area contributed by atoms with E-state index in [0.29, 0.717) is 0 Å². The summed E-state index contributed by atoms with van der Waals surface area (Å²) < 4.78 is 17.8. The zero-order chi connectivity index (χ0) is 9.00. The van der Waals surface area contributed by atoms with E-state index in [1.54, 1.807) is 0 Å². The fourth-order valence-electron chi connectivity index (χ4n) is 0. The van der Waals surface area contributed by atoms with Gasteiger partial charge in [0.2, 0.25) is 0 Å². The average molecular weight is 333 g/mol. The van der Waals surface area contributed by atoms with E-state index in [2.05, 4.69) is 0 Å². The van der Waals surface area contributed by atoms with Crippen LogP contribution in [0.3, 0.4) is 0 Å². The molecule has 0 aromatic rings. The minimum absolute atomic E-state index is 0. The number of halogens is 1. The monoisotopic (exact) mass is 333 g/mol. The Morgan fingerprint density at radius 1 is 0.600 bits per heavy atom. The fourth-order valence-corrected chi connectivity index (χ4v) is 0. The van der Waals surface area contributed by atoms with Gasteiger partial charge >= 0.3 is 53.4 Å². The molecule has 0 fully saturated rings. The minimum Gasteiger partial charge on any atom is 0 e. The maximum Gasteiger partial charge on any atom is 0 e. The molecule has 0 heterocycles. The first kappa shape index (κ1) is 43.2. The maximum absolute atomic E-state index is 8.88. The second-order valence-electron chi connectivity index (χ2n) is 1.03. The number of phosphoric acid groups is 2. The second kappa shape index (κ2) is 18.9. The molecule has 0 spiro atoms. The smallest absolute Gasteiger partial charge is 0 e. The van der Waals surface area contributed by atoms with Crippen molar-refractivity contribution in [1.82, 2.24) is 0 Å². The first-order valence-corrected chi connectivity index (χ1v) is 4.70. The van der Waals surface area contributed by atoms with Gasteiger partial charge in [0.25, 0.3) is 0 Å². The molecule has 0 aliphatic heterocycles. The van der Waals surface area contributed by atoms with Gasteiger partial charge in [-0.05, 0) is 0 Å². The Balaban J connectivity index is -0.0000000128. The van der Waals surface area contributed by atoms with Gasteiger partial charge in [0.15, 0.2) is 0 Å². The van der Waals surface area contributed by atoms with Crippen molar-refractivity contribution >= 4 is 53.4 Å². The molecule has 6 N–H and O–H groups in total. The van der Waals surface area contributed by atoms with Crippen LogP contribution in [0.25, 0.3) is 0 Å². The van der Waals surface area contributed by atoms with Crippen LogP contribution in [0, 0.1) is 0 Å². The predicted molar refractivity (Wildman–Crippen MR) is 43.9 cm³/mol. The zero-order valence-electron chi connectivity index (χ0n) is 5.67. The molecule has 85 valence electrons. The first-order valence-electron chi connectivity index (χ1n) is 1.57. The van der Waals surface area contributed by atoms with Crippen LogP contribution in [0.5, 0.6) is 0 Å². The Labute approximate surface area is 133 Å². The van der Waals surface area contributed by atoms with E-state index in [4.69, 9.17) is 38.5 Å².